The molecule has 41 heavy (non-hydrogen) atoms. The molecule has 2 aromatic carbocycles. The molecule has 0 unspecified atom stereocenters. The molecule has 4 rings (SSSR count). The van der Waals surface area contributed by atoms with Gasteiger partial charge in [0.15, 0.2) is 5.78 Å². The third kappa shape index (κ3) is 6.87. The van der Waals surface area contributed by atoms with Crippen molar-refractivity contribution >= 4 is 44.9 Å². The lowest BCUT2D eigenvalue weighted by Gasteiger charge is -2.36. The number of carbonyl (C=O) groups is 3. The number of benzene rings is 2. The van der Waals surface area contributed by atoms with Gasteiger partial charge in [0.05, 0.1) is 17.9 Å². The molecule has 0 radical (unpaired) electrons. The Morgan fingerprint density at radius 1 is 1.02 bits per heavy atom. The van der Waals surface area contributed by atoms with Gasteiger partial charge in [-0.2, -0.15) is 21.6 Å². The lowest BCUT2D eigenvalue weighted by Crippen LogP contribution is -2.49. The first-order chi connectivity index (χ1) is 19.3. The molecule has 2 aliphatic rings. The average Bonchev–Trinajstić information content (AvgIpc) is 3.32. The summed E-state index contributed by atoms with van der Waals surface area (Å²) in [7, 11) is -5.58. The molecule has 0 saturated carbocycles. The maximum Gasteiger partial charge on any atom is 0.516 e. The minimum absolute atomic E-state index is 0.109. The number of alkyl halides is 3. The van der Waals surface area contributed by atoms with Crippen molar-refractivity contribution in [3.05, 3.63) is 53.8 Å². The van der Waals surface area contributed by atoms with Crippen molar-refractivity contribution in [2.24, 2.45) is 5.73 Å². The lowest BCUT2D eigenvalue weighted by molar-refractivity contribution is -0.131. The first-order valence-corrected chi connectivity index (χ1v) is 14.0. The fraction of sp³-hybridized carbons (Fsp3) is 0.400. The second-order valence-electron chi connectivity index (χ2n) is 9.41. The smallest absolute Gasteiger partial charge is 0.443 e. The fourth-order valence-electron chi connectivity index (χ4n) is 4.43. The van der Waals surface area contributed by atoms with Gasteiger partial charge in [-0.1, -0.05) is 0 Å². The highest BCUT2D eigenvalue weighted by Crippen LogP contribution is 2.29. The molecule has 2 fully saturated rings. The summed E-state index contributed by atoms with van der Waals surface area (Å²) in [5.41, 5.74) is 0.471. The van der Waals surface area contributed by atoms with Crippen molar-refractivity contribution in [1.29, 1.82) is 0 Å². The fourth-order valence-corrected chi connectivity index (χ4v) is 4.99. The van der Waals surface area contributed by atoms with E-state index in [0.29, 0.717) is 37.6 Å². The molecule has 222 valence electrons. The minimum atomic E-state index is -5.58. The highest BCUT2D eigenvalue weighted by molar-refractivity contribution is 7.93. The van der Waals surface area contributed by atoms with Crippen LogP contribution in [0.2, 0.25) is 0 Å². The van der Waals surface area contributed by atoms with Gasteiger partial charge in [-0.25, -0.2) is 9.18 Å². The topological polar surface area (TPSA) is 142 Å². The summed E-state index contributed by atoms with van der Waals surface area (Å²) in [6.45, 7) is 1.65. The van der Waals surface area contributed by atoms with Crippen molar-refractivity contribution in [2.75, 3.05) is 53.8 Å². The third-order valence-corrected chi connectivity index (χ3v) is 7.80. The van der Waals surface area contributed by atoms with Crippen LogP contribution in [-0.4, -0.2) is 82.0 Å². The van der Waals surface area contributed by atoms with Crippen LogP contribution in [-0.2, 0) is 19.6 Å². The van der Waals surface area contributed by atoms with Gasteiger partial charge in [0, 0.05) is 56.8 Å². The summed E-state index contributed by atoms with van der Waals surface area (Å²) in [5.74, 6) is -1.26. The number of sulfonamides is 1. The number of Topliss-reactive ketones (excluding diaryl/α,β-unsaturated/α-hetero) is 1. The summed E-state index contributed by atoms with van der Waals surface area (Å²) in [4.78, 5) is 41.8. The van der Waals surface area contributed by atoms with E-state index < -0.39 is 39.3 Å². The largest absolute Gasteiger partial charge is 0.516 e. The van der Waals surface area contributed by atoms with Crippen LogP contribution < -0.4 is 20.3 Å². The molecule has 2 saturated heterocycles. The molecule has 11 nitrogen and oxygen atoms in total. The van der Waals surface area contributed by atoms with Gasteiger partial charge in [-0.3, -0.25) is 19.2 Å². The average molecular weight is 602 g/mol. The molecule has 0 aliphatic carbocycles. The van der Waals surface area contributed by atoms with E-state index in [2.05, 4.69) is 0 Å². The molecule has 1 atom stereocenters. The van der Waals surface area contributed by atoms with Crippen molar-refractivity contribution in [2.45, 2.75) is 24.5 Å². The van der Waals surface area contributed by atoms with E-state index in [1.54, 1.807) is 21.9 Å². The van der Waals surface area contributed by atoms with E-state index in [1.807, 2.05) is 0 Å². The molecule has 2 aromatic rings. The van der Waals surface area contributed by atoms with Crippen molar-refractivity contribution in [3.63, 3.8) is 0 Å². The van der Waals surface area contributed by atoms with Crippen LogP contribution in [0, 0.1) is 5.82 Å². The lowest BCUT2D eigenvalue weighted by atomic mass is 10.1. The molecule has 0 bridgehead atoms. The molecule has 2 amide bonds. The van der Waals surface area contributed by atoms with Crippen molar-refractivity contribution < 1.29 is 45.1 Å². The van der Waals surface area contributed by atoms with Crippen molar-refractivity contribution in [3.8, 4) is 0 Å². The number of amides is 2. The van der Waals surface area contributed by atoms with Crippen LogP contribution >= 0.6 is 0 Å². The van der Waals surface area contributed by atoms with Gasteiger partial charge in [0.1, 0.15) is 11.9 Å². The first-order valence-electron chi connectivity index (χ1n) is 12.5. The molecule has 2 heterocycles. The number of hydrogen-bond acceptors (Lipinski definition) is 8. The summed E-state index contributed by atoms with van der Waals surface area (Å²) in [6.07, 6.45) is -1.32. The maximum atomic E-state index is 14.9. The minimum Gasteiger partial charge on any atom is -0.443 e. The highest BCUT2D eigenvalue weighted by Gasteiger charge is 2.46. The quantitative estimate of drug-likeness (QED) is 0.330. The van der Waals surface area contributed by atoms with E-state index >= 15 is 0 Å². The van der Waals surface area contributed by atoms with Gasteiger partial charge in [0.2, 0.25) is 5.91 Å². The molecule has 0 aromatic heterocycles. The van der Waals surface area contributed by atoms with Gasteiger partial charge in [-0.05, 0) is 42.5 Å². The Labute approximate surface area is 232 Å². The van der Waals surface area contributed by atoms with Gasteiger partial charge in [0.25, 0.3) is 0 Å². The number of nitrogens with one attached hydrogen (secondary N) is 1. The van der Waals surface area contributed by atoms with Crippen LogP contribution in [0.4, 0.5) is 39.4 Å². The summed E-state index contributed by atoms with van der Waals surface area (Å²) < 4.78 is 81.3. The summed E-state index contributed by atoms with van der Waals surface area (Å²) >= 11 is 0. The predicted molar refractivity (Wildman–Crippen MR) is 140 cm³/mol. The zero-order valence-electron chi connectivity index (χ0n) is 21.6. The normalized spacial score (nSPS) is 17.9. The van der Waals surface area contributed by atoms with Crippen molar-refractivity contribution in [1.82, 2.24) is 4.90 Å². The number of nitrogens with zero attached hydrogens (tertiary/aromatic N) is 3. The van der Waals surface area contributed by atoms with Gasteiger partial charge >= 0.3 is 21.6 Å². The number of nitrogens with two attached hydrogens (primary N) is 1. The second kappa shape index (κ2) is 11.9. The Kier molecular flexibility index (Phi) is 8.72. The predicted octanol–water partition coefficient (Wildman–Crippen LogP) is 2.68. The van der Waals surface area contributed by atoms with E-state index in [-0.39, 0.29) is 43.1 Å². The monoisotopic (exact) mass is 601 g/mol. The number of hydrogen-bond donors (Lipinski definition) is 2. The van der Waals surface area contributed by atoms with Crippen LogP contribution in [0.5, 0.6) is 0 Å². The summed E-state index contributed by atoms with van der Waals surface area (Å²) in [6, 6.07) is 8.80. The van der Waals surface area contributed by atoms with E-state index in [9.17, 15) is 40.4 Å². The Bertz CT molecular complexity index is 1410. The number of carbonyl (C=O) groups excluding carboxylic acids is 3. The van der Waals surface area contributed by atoms with Crippen LogP contribution in [0.15, 0.2) is 42.5 Å². The van der Waals surface area contributed by atoms with Gasteiger partial charge in [-0.15, -0.1) is 0 Å². The molecule has 0 spiro atoms. The Hall–Kier alpha value is -3.92. The number of rotatable bonds is 9. The molecule has 3 N–H and O–H groups in total. The number of ketones is 1. The number of ether oxygens (including phenoxy) is 1. The Balaban J connectivity index is 1.26. The number of halogens is 4. The van der Waals surface area contributed by atoms with Crippen LogP contribution in [0.3, 0.4) is 0 Å². The number of cyclic esters (lactones) is 1. The number of piperazine rings is 1. The number of anilines is 3. The Morgan fingerprint density at radius 2 is 1.68 bits per heavy atom. The first kappa shape index (κ1) is 30.0. The van der Waals surface area contributed by atoms with Crippen LogP contribution in [0.25, 0.3) is 0 Å². The SMILES string of the molecule is NC[C@H]1CN(c2ccc(N3CCN(C(=O)CCC(=O)c4ccc(NS(=O)(=O)C(F)(F)F)cc4)CC3)c(F)c2)C(=O)O1. The zero-order chi connectivity index (χ0) is 29.9. The zero-order valence-corrected chi connectivity index (χ0v) is 22.4. The van der Waals surface area contributed by atoms with E-state index in [0.717, 1.165) is 12.1 Å². The highest BCUT2D eigenvalue weighted by atomic mass is 32.2. The van der Waals surface area contributed by atoms with Gasteiger partial charge < -0.3 is 20.3 Å². The maximum absolute atomic E-state index is 14.9. The third-order valence-electron chi connectivity index (χ3n) is 6.68. The molecule has 16 heteroatoms. The van der Waals surface area contributed by atoms with E-state index in [1.165, 1.54) is 27.8 Å². The summed E-state index contributed by atoms with van der Waals surface area (Å²) in [5, 5.41) is 0. The molecular formula is C25H27F4N5O6S. The van der Waals surface area contributed by atoms with Crippen LogP contribution in [0.1, 0.15) is 23.2 Å². The molecular weight excluding hydrogens is 574 g/mol. The standard InChI is InChI=1S/C25H27F4N5O6S/c26-20-13-18(34-15-19(14-30)40-24(34)37)5-6-21(20)32-9-11-33(12-10-32)23(36)8-7-22(35)16-1-3-17(4-2-16)31-41(38,39)25(27,28)29/h1-6,13,19,31H,7-12,14-15,30H2/t19-/m0/s1. The van der Waals surface area contributed by atoms with E-state index in [4.69, 9.17) is 10.5 Å². The molecule has 2 aliphatic heterocycles. The Morgan fingerprint density at radius 3 is 2.24 bits per heavy atom. The second-order valence-corrected chi connectivity index (χ2v) is 11.1.